The van der Waals surface area contributed by atoms with Crippen molar-refractivity contribution in [2.24, 2.45) is 18.9 Å². The number of tetrazole rings is 1. The van der Waals surface area contributed by atoms with Gasteiger partial charge in [0, 0.05) is 31.2 Å². The maximum absolute atomic E-state index is 14.1. The number of benzene rings is 2. The second-order valence-corrected chi connectivity index (χ2v) is 13.3. The molecule has 8 nitrogen and oxygen atoms in total. The van der Waals surface area contributed by atoms with Gasteiger partial charge in [-0.15, -0.1) is 5.10 Å². The van der Waals surface area contributed by atoms with Crippen molar-refractivity contribution in [2.45, 2.75) is 96.0 Å². The summed E-state index contributed by atoms with van der Waals surface area (Å²) in [5, 5.41) is 12.0. The summed E-state index contributed by atoms with van der Waals surface area (Å²) in [6.07, 6.45) is -10.7. The second kappa shape index (κ2) is 14.9. The molecule has 2 aromatic carbocycles. The van der Waals surface area contributed by atoms with E-state index in [4.69, 9.17) is 4.74 Å². The molecule has 1 aliphatic carbocycles. The van der Waals surface area contributed by atoms with Crippen molar-refractivity contribution in [1.29, 1.82) is 0 Å². The molecule has 51 heavy (non-hydrogen) atoms. The summed E-state index contributed by atoms with van der Waals surface area (Å²) in [5.74, 6) is -0.0605. The van der Waals surface area contributed by atoms with Crippen LogP contribution in [-0.4, -0.2) is 45.4 Å². The quantitative estimate of drug-likeness (QED) is 0.152. The van der Waals surface area contributed by atoms with Crippen LogP contribution in [0.15, 0.2) is 36.4 Å². The first-order valence-electron chi connectivity index (χ1n) is 16.8. The molecule has 0 amide bonds. The van der Waals surface area contributed by atoms with E-state index in [-0.39, 0.29) is 53.4 Å². The molecule has 0 radical (unpaired) electrons. The Bertz CT molecular complexity index is 1630. The predicted molar refractivity (Wildman–Crippen MR) is 168 cm³/mol. The summed E-state index contributed by atoms with van der Waals surface area (Å²) in [6.45, 7) is 3.89. The zero-order chi connectivity index (χ0) is 37.3. The Labute approximate surface area is 288 Å². The average molecular weight is 735 g/mol. The van der Waals surface area contributed by atoms with Gasteiger partial charge in [-0.3, -0.25) is 4.79 Å². The van der Waals surface area contributed by atoms with Crippen molar-refractivity contribution in [3.8, 4) is 0 Å². The number of nitrogens with zero attached hydrogens (tertiary/aromatic N) is 6. The Morgan fingerprint density at radius 2 is 1.47 bits per heavy atom. The Balaban J connectivity index is 1.54. The van der Waals surface area contributed by atoms with E-state index in [1.807, 2.05) is 6.92 Å². The lowest BCUT2D eigenvalue weighted by Gasteiger charge is -2.47. The lowest BCUT2D eigenvalue weighted by molar-refractivity contribution is -0.145. The molecule has 2 atom stereocenters. The molecule has 1 unspecified atom stereocenters. The Kier molecular flexibility index (Phi) is 11.2. The zero-order valence-electron chi connectivity index (χ0n) is 28.2. The molecule has 1 saturated carbocycles. The van der Waals surface area contributed by atoms with Gasteiger partial charge in [0.05, 0.1) is 36.4 Å². The van der Waals surface area contributed by atoms with Gasteiger partial charge in [0.25, 0.3) is 5.95 Å². The van der Waals surface area contributed by atoms with Crippen LogP contribution >= 0.6 is 0 Å². The number of anilines is 2. The number of fused-ring (bicyclic) bond motifs is 1. The summed E-state index contributed by atoms with van der Waals surface area (Å²) in [7, 11) is 1.41. The van der Waals surface area contributed by atoms with Crippen LogP contribution in [0.3, 0.4) is 0 Å². The van der Waals surface area contributed by atoms with Crippen LogP contribution in [0.2, 0.25) is 0 Å². The van der Waals surface area contributed by atoms with E-state index in [0.717, 1.165) is 42.6 Å². The molecule has 2 aliphatic rings. The van der Waals surface area contributed by atoms with Gasteiger partial charge in [0.2, 0.25) is 0 Å². The van der Waals surface area contributed by atoms with E-state index in [9.17, 15) is 44.3 Å². The van der Waals surface area contributed by atoms with Crippen LogP contribution in [0.1, 0.15) is 92.7 Å². The van der Waals surface area contributed by atoms with Crippen molar-refractivity contribution in [3.63, 3.8) is 0 Å². The van der Waals surface area contributed by atoms with Gasteiger partial charge in [0.1, 0.15) is 0 Å². The molecule has 2 heterocycles. The lowest BCUT2D eigenvalue weighted by atomic mass is 9.79. The van der Waals surface area contributed by atoms with E-state index in [2.05, 4.69) is 20.3 Å². The number of aryl methyl sites for hydroxylation is 1. The number of alkyl halides is 9. The minimum absolute atomic E-state index is 0.0231. The highest BCUT2D eigenvalue weighted by atomic mass is 19.4. The molecular weight excluding hydrogens is 695 g/mol. The Hall–Kier alpha value is -4.05. The Morgan fingerprint density at radius 1 is 0.863 bits per heavy atom. The first-order valence-corrected chi connectivity index (χ1v) is 16.8. The first-order chi connectivity index (χ1) is 23.9. The molecule has 5 rings (SSSR count). The summed E-state index contributed by atoms with van der Waals surface area (Å²) >= 11 is 0. The van der Waals surface area contributed by atoms with Crippen LogP contribution in [-0.2, 0) is 41.7 Å². The summed E-state index contributed by atoms with van der Waals surface area (Å²) < 4.78 is 130. The van der Waals surface area contributed by atoms with Gasteiger partial charge in [-0.25, -0.2) is 0 Å². The van der Waals surface area contributed by atoms with Crippen molar-refractivity contribution < 1.29 is 49.0 Å². The number of carbonyl (C=O) groups excluding carboxylic acids is 1. The third-order valence-corrected chi connectivity index (χ3v) is 9.74. The van der Waals surface area contributed by atoms with Gasteiger partial charge in [-0.05, 0) is 110 Å². The molecule has 3 aromatic rings. The van der Waals surface area contributed by atoms with Crippen molar-refractivity contribution in [3.05, 3.63) is 64.2 Å². The largest absolute Gasteiger partial charge is 0.466 e. The fourth-order valence-corrected chi connectivity index (χ4v) is 7.27. The summed E-state index contributed by atoms with van der Waals surface area (Å²) in [4.78, 5) is 16.5. The van der Waals surface area contributed by atoms with Crippen LogP contribution in [0, 0.1) is 11.8 Å². The van der Waals surface area contributed by atoms with Gasteiger partial charge in [0.15, 0.2) is 0 Å². The number of rotatable bonds is 10. The molecule has 0 saturated heterocycles. The number of hydrogen-bond acceptors (Lipinski definition) is 7. The highest BCUT2D eigenvalue weighted by Crippen LogP contribution is 2.47. The zero-order valence-corrected chi connectivity index (χ0v) is 28.2. The highest BCUT2D eigenvalue weighted by molar-refractivity contribution is 5.69. The number of carbonyl (C=O) groups is 1. The fourth-order valence-electron chi connectivity index (χ4n) is 7.27. The molecule has 0 spiro atoms. The number of esters is 1. The maximum atomic E-state index is 14.1. The molecular formula is C34H39F9N6O2. The van der Waals surface area contributed by atoms with Gasteiger partial charge < -0.3 is 14.5 Å². The van der Waals surface area contributed by atoms with Crippen LogP contribution < -0.4 is 9.80 Å². The van der Waals surface area contributed by atoms with Gasteiger partial charge in [-0.1, -0.05) is 12.0 Å². The number of hydrogen-bond donors (Lipinski definition) is 0. The van der Waals surface area contributed by atoms with E-state index in [1.165, 1.54) is 18.0 Å². The van der Waals surface area contributed by atoms with Gasteiger partial charge in [-0.2, -0.15) is 44.3 Å². The third kappa shape index (κ3) is 9.07. The Morgan fingerprint density at radius 3 is 2.00 bits per heavy atom. The van der Waals surface area contributed by atoms with Crippen molar-refractivity contribution >= 4 is 17.6 Å². The van der Waals surface area contributed by atoms with Crippen molar-refractivity contribution in [1.82, 2.24) is 20.2 Å². The fraction of sp³-hybridized carbons (Fsp3) is 0.588. The standard InChI is InChI=1S/C34H39F9N6O2/c1-4-26-17-29(49(31-44-46-47(3)45-31)19-22-12-24(33(38,39)40)15-25(13-22)34(41,42)43)27-16-23(32(35,36)37)10-11-28(27)48(26)18-21-8-6-20(7-9-21)14-30(50)51-5-2/h10-13,15-16,20-21,26,29H,4-9,14,17-19H2,1-3H3/t20?,21?,26-,29?/m1/s1. The minimum atomic E-state index is -5.10. The smallest absolute Gasteiger partial charge is 0.416 e. The molecule has 0 bridgehead atoms. The highest BCUT2D eigenvalue weighted by Gasteiger charge is 2.42. The van der Waals surface area contributed by atoms with Gasteiger partial charge >= 0.3 is 24.5 Å². The monoisotopic (exact) mass is 734 g/mol. The molecule has 1 aromatic heterocycles. The third-order valence-electron chi connectivity index (χ3n) is 9.74. The maximum Gasteiger partial charge on any atom is 0.416 e. The first kappa shape index (κ1) is 38.2. The molecule has 1 aliphatic heterocycles. The second-order valence-electron chi connectivity index (χ2n) is 13.3. The molecule has 0 N–H and O–H groups in total. The van der Waals surface area contributed by atoms with E-state index >= 15 is 0 Å². The number of ether oxygens (including phenoxy) is 1. The molecule has 1 fully saturated rings. The van der Waals surface area contributed by atoms with E-state index in [0.29, 0.717) is 43.8 Å². The van der Waals surface area contributed by atoms with Crippen LogP contribution in [0.25, 0.3) is 0 Å². The van der Waals surface area contributed by atoms with E-state index in [1.54, 1.807) is 6.92 Å². The summed E-state index contributed by atoms with van der Waals surface area (Å²) in [5.41, 5.74) is -3.69. The van der Waals surface area contributed by atoms with Crippen molar-refractivity contribution in [2.75, 3.05) is 23.0 Å². The van der Waals surface area contributed by atoms with Crippen LogP contribution in [0.5, 0.6) is 0 Å². The summed E-state index contributed by atoms with van der Waals surface area (Å²) in [6, 6.07) is 3.33. The average Bonchev–Trinajstić information content (AvgIpc) is 3.49. The van der Waals surface area contributed by atoms with Crippen LogP contribution in [0.4, 0.5) is 51.1 Å². The van der Waals surface area contributed by atoms with E-state index < -0.39 is 47.8 Å². The molecule has 280 valence electrons. The number of halogens is 9. The normalized spacial score (nSPS) is 21.4. The SMILES string of the molecule is CCOC(=O)CC1CCC(CN2c3ccc(C(F)(F)F)cc3C(N(Cc3cc(C(F)(F)F)cc(C(F)(F)F)c3)c3nnn(C)n3)C[C@H]2CC)CC1. The molecule has 17 heteroatoms. The number of aromatic nitrogens is 4. The lowest BCUT2D eigenvalue weighted by Crippen LogP contribution is -2.47. The predicted octanol–water partition coefficient (Wildman–Crippen LogP) is 8.76. The minimum Gasteiger partial charge on any atom is -0.466 e. The topological polar surface area (TPSA) is 76.4 Å².